The highest BCUT2D eigenvalue weighted by Gasteiger charge is 2.19. The molecule has 0 fully saturated rings. The maximum atomic E-state index is 11.6. The maximum absolute atomic E-state index is 11.6. The summed E-state index contributed by atoms with van der Waals surface area (Å²) in [6.07, 6.45) is 2.54. The highest BCUT2D eigenvalue weighted by atomic mass is 32.2. The second-order valence-electron chi connectivity index (χ2n) is 3.75. The molecular weight excluding hydrogens is 228 g/mol. The van der Waals surface area contributed by atoms with Crippen LogP contribution in [0, 0.1) is 0 Å². The van der Waals surface area contributed by atoms with Gasteiger partial charge < -0.3 is 10.1 Å². The summed E-state index contributed by atoms with van der Waals surface area (Å²) < 4.78 is 0. The van der Waals surface area contributed by atoms with Gasteiger partial charge in [-0.2, -0.15) is 0 Å². The third-order valence-corrected chi connectivity index (χ3v) is 3.53. The van der Waals surface area contributed by atoms with Crippen molar-refractivity contribution in [1.29, 1.82) is 0 Å². The molecule has 2 rings (SSSR count). The molecule has 0 aromatic carbocycles. The van der Waals surface area contributed by atoms with E-state index in [9.17, 15) is 9.59 Å². The smallest absolute Gasteiger partial charge is 0.316 e. The van der Waals surface area contributed by atoms with Gasteiger partial charge in [0.25, 0.3) is 5.56 Å². The summed E-state index contributed by atoms with van der Waals surface area (Å²) in [7, 11) is 0. The average Bonchev–Trinajstić information content (AvgIpc) is 2.65. The van der Waals surface area contributed by atoms with Crippen molar-refractivity contribution >= 4 is 17.7 Å². The molecule has 5 nitrogen and oxygen atoms in total. The van der Waals surface area contributed by atoms with Crippen LogP contribution in [0.15, 0.2) is 9.95 Å². The fourth-order valence-electron chi connectivity index (χ4n) is 1.69. The minimum absolute atomic E-state index is 0.123. The Morgan fingerprint density at radius 1 is 1.56 bits per heavy atom. The average molecular weight is 240 g/mol. The van der Waals surface area contributed by atoms with Crippen molar-refractivity contribution < 1.29 is 9.90 Å². The van der Waals surface area contributed by atoms with Gasteiger partial charge in [0.05, 0.1) is 5.69 Å². The number of nitrogens with zero attached hydrogens (tertiary/aromatic N) is 1. The predicted molar refractivity (Wildman–Crippen MR) is 59.8 cm³/mol. The molecular formula is C10H12N2O3S. The van der Waals surface area contributed by atoms with Crippen molar-refractivity contribution in [2.24, 2.45) is 0 Å². The number of aromatic amines is 1. The van der Waals surface area contributed by atoms with Gasteiger partial charge in [-0.3, -0.25) is 9.59 Å². The van der Waals surface area contributed by atoms with Gasteiger partial charge in [-0.05, 0) is 26.2 Å². The first-order chi connectivity index (χ1) is 7.58. The molecule has 1 heterocycles. The number of fused-ring (bicyclic) bond motifs is 1. The van der Waals surface area contributed by atoms with Crippen molar-refractivity contribution in [3.8, 4) is 0 Å². The predicted octanol–water partition coefficient (Wildman–Crippen LogP) is 0.824. The van der Waals surface area contributed by atoms with E-state index in [-0.39, 0.29) is 5.56 Å². The Kier molecular flexibility index (Phi) is 3.00. The quantitative estimate of drug-likeness (QED) is 0.604. The molecule has 2 N–H and O–H groups in total. The molecule has 1 aliphatic rings. The third kappa shape index (κ3) is 2.11. The maximum Gasteiger partial charge on any atom is 0.316 e. The van der Waals surface area contributed by atoms with Crippen LogP contribution >= 0.6 is 11.8 Å². The van der Waals surface area contributed by atoms with Crippen molar-refractivity contribution in [1.82, 2.24) is 9.97 Å². The Labute approximate surface area is 96.3 Å². The lowest BCUT2D eigenvalue weighted by atomic mass is 10.3. The fourth-order valence-corrected chi connectivity index (χ4v) is 2.44. The van der Waals surface area contributed by atoms with E-state index in [1.807, 2.05) is 0 Å². The van der Waals surface area contributed by atoms with E-state index in [4.69, 9.17) is 5.11 Å². The first-order valence-corrected chi connectivity index (χ1v) is 5.97. The lowest BCUT2D eigenvalue weighted by Gasteiger charge is -2.06. The molecule has 0 saturated carbocycles. The normalized spacial score (nSPS) is 15.8. The molecule has 1 unspecified atom stereocenters. The molecule has 0 amide bonds. The van der Waals surface area contributed by atoms with E-state index >= 15 is 0 Å². The second-order valence-corrected chi connectivity index (χ2v) is 5.08. The van der Waals surface area contributed by atoms with Crippen LogP contribution in [0.4, 0.5) is 0 Å². The number of hydrogen-bond donors (Lipinski definition) is 2. The standard InChI is InChI=1S/C10H12N2O3S/c1-5(9(14)15)16-10-11-7-4-2-3-6(7)8(13)12-10/h5H,2-4H2,1H3,(H,14,15)(H,11,12,13). The van der Waals surface area contributed by atoms with Gasteiger partial charge in [0.15, 0.2) is 5.16 Å². The number of H-pyrrole nitrogens is 1. The molecule has 16 heavy (non-hydrogen) atoms. The van der Waals surface area contributed by atoms with Crippen LogP contribution in [0.1, 0.15) is 24.6 Å². The van der Waals surface area contributed by atoms with Crippen LogP contribution in [0.5, 0.6) is 0 Å². The van der Waals surface area contributed by atoms with Crippen LogP contribution in [0.2, 0.25) is 0 Å². The highest BCUT2D eigenvalue weighted by Crippen LogP contribution is 2.22. The molecule has 0 bridgehead atoms. The van der Waals surface area contributed by atoms with Gasteiger partial charge in [-0.1, -0.05) is 11.8 Å². The van der Waals surface area contributed by atoms with Crippen molar-refractivity contribution in [2.75, 3.05) is 0 Å². The van der Waals surface area contributed by atoms with Gasteiger partial charge in [0.1, 0.15) is 5.25 Å². The number of rotatable bonds is 3. The number of hydrogen-bond acceptors (Lipinski definition) is 4. The third-order valence-electron chi connectivity index (χ3n) is 2.56. The molecule has 1 aromatic rings. The van der Waals surface area contributed by atoms with Crippen LogP contribution in [0.25, 0.3) is 0 Å². The summed E-state index contributed by atoms with van der Waals surface area (Å²) in [6.45, 7) is 1.57. The van der Waals surface area contributed by atoms with Crippen molar-refractivity contribution in [3.63, 3.8) is 0 Å². The molecule has 1 aliphatic carbocycles. The summed E-state index contributed by atoms with van der Waals surface area (Å²) in [4.78, 5) is 29.2. The first kappa shape index (κ1) is 11.2. The van der Waals surface area contributed by atoms with Gasteiger partial charge in [0, 0.05) is 5.56 Å². The molecule has 6 heteroatoms. The molecule has 0 spiro atoms. The monoisotopic (exact) mass is 240 g/mol. The number of carboxylic acid groups (broad SMARTS) is 1. The Hall–Kier alpha value is -1.30. The Morgan fingerprint density at radius 2 is 2.31 bits per heavy atom. The zero-order valence-corrected chi connectivity index (χ0v) is 9.63. The molecule has 0 aliphatic heterocycles. The van der Waals surface area contributed by atoms with E-state index in [1.165, 1.54) is 0 Å². The first-order valence-electron chi connectivity index (χ1n) is 5.09. The number of aromatic nitrogens is 2. The zero-order valence-electron chi connectivity index (χ0n) is 8.82. The Morgan fingerprint density at radius 3 is 3.00 bits per heavy atom. The van der Waals surface area contributed by atoms with Gasteiger partial charge in [0.2, 0.25) is 0 Å². The Bertz CT molecular complexity index is 483. The number of thioether (sulfide) groups is 1. The van der Waals surface area contributed by atoms with E-state index in [0.717, 1.165) is 42.3 Å². The van der Waals surface area contributed by atoms with E-state index in [2.05, 4.69) is 9.97 Å². The van der Waals surface area contributed by atoms with E-state index in [1.54, 1.807) is 6.92 Å². The molecule has 86 valence electrons. The minimum atomic E-state index is -0.909. The SMILES string of the molecule is CC(Sc1nc2c(c(=O)[nH]1)CCC2)C(=O)O. The lowest BCUT2D eigenvalue weighted by molar-refractivity contribution is -0.136. The van der Waals surface area contributed by atoms with E-state index in [0.29, 0.717) is 5.16 Å². The summed E-state index contributed by atoms with van der Waals surface area (Å²) in [6, 6.07) is 0. The van der Waals surface area contributed by atoms with Gasteiger partial charge in [-0.25, -0.2) is 4.98 Å². The number of aryl methyl sites for hydroxylation is 1. The largest absolute Gasteiger partial charge is 0.480 e. The number of nitrogens with one attached hydrogen (secondary N) is 1. The van der Waals surface area contributed by atoms with Gasteiger partial charge in [-0.15, -0.1) is 0 Å². The topological polar surface area (TPSA) is 83.0 Å². The number of carbonyl (C=O) groups is 1. The molecule has 1 aromatic heterocycles. The van der Waals surface area contributed by atoms with E-state index < -0.39 is 11.2 Å². The molecule has 0 saturated heterocycles. The number of aliphatic carboxylic acids is 1. The molecule has 0 radical (unpaired) electrons. The zero-order chi connectivity index (χ0) is 11.7. The van der Waals surface area contributed by atoms with Crippen LogP contribution in [-0.2, 0) is 17.6 Å². The summed E-state index contributed by atoms with van der Waals surface area (Å²) in [5.74, 6) is -0.909. The van der Waals surface area contributed by atoms with Crippen molar-refractivity contribution in [2.45, 2.75) is 36.6 Å². The second kappa shape index (κ2) is 4.29. The summed E-state index contributed by atoms with van der Waals surface area (Å²) >= 11 is 1.07. The summed E-state index contributed by atoms with van der Waals surface area (Å²) in [5, 5.41) is 8.56. The summed E-state index contributed by atoms with van der Waals surface area (Å²) in [5.41, 5.74) is 1.46. The Balaban J connectivity index is 2.27. The lowest BCUT2D eigenvalue weighted by Crippen LogP contribution is -2.18. The van der Waals surface area contributed by atoms with Crippen LogP contribution < -0.4 is 5.56 Å². The van der Waals surface area contributed by atoms with Crippen LogP contribution in [-0.4, -0.2) is 26.3 Å². The van der Waals surface area contributed by atoms with Gasteiger partial charge >= 0.3 is 5.97 Å². The number of carboxylic acids is 1. The fraction of sp³-hybridized carbons (Fsp3) is 0.500. The highest BCUT2D eigenvalue weighted by molar-refractivity contribution is 8.00. The van der Waals surface area contributed by atoms with Crippen molar-refractivity contribution in [3.05, 3.63) is 21.6 Å². The molecule has 1 atom stereocenters. The minimum Gasteiger partial charge on any atom is -0.480 e. The van der Waals surface area contributed by atoms with Crippen LogP contribution in [0.3, 0.4) is 0 Å².